The van der Waals surface area contributed by atoms with Crippen LogP contribution in [-0.2, 0) is 20.9 Å². The minimum absolute atomic E-state index is 0.248. The Labute approximate surface area is 204 Å². The maximum absolute atomic E-state index is 12.6. The van der Waals surface area contributed by atoms with E-state index < -0.39 is 17.1 Å². The zero-order valence-corrected chi connectivity index (χ0v) is 20.5. The maximum atomic E-state index is 12.6. The standard InChI is InChI=1S/C23H21BrClNO5S/c1-2-3-10-30-21(27)13-26-22(28)20(32-23(26)29)12-16-6-9-19(18(24)11-16)31-14-15-4-7-17(25)8-5-15/h4-9,11-12H,2-3,10,13-14H2,1H3/b20-12+. The minimum Gasteiger partial charge on any atom is -0.488 e. The number of amides is 2. The SMILES string of the molecule is CCCCOC(=O)CN1C(=O)S/C(=C/c2ccc(OCc3ccc(Cl)cc3)c(Br)c2)C1=O. The van der Waals surface area contributed by atoms with Crippen molar-refractivity contribution in [1.82, 2.24) is 4.90 Å². The average molecular weight is 539 g/mol. The van der Waals surface area contributed by atoms with Gasteiger partial charge in [0.1, 0.15) is 18.9 Å². The normalized spacial score (nSPS) is 14.8. The molecule has 0 aliphatic carbocycles. The van der Waals surface area contributed by atoms with Crippen molar-refractivity contribution >= 4 is 62.5 Å². The van der Waals surface area contributed by atoms with Crippen LogP contribution in [0.4, 0.5) is 4.79 Å². The largest absolute Gasteiger partial charge is 0.488 e. The molecule has 0 N–H and O–H groups in total. The smallest absolute Gasteiger partial charge is 0.326 e. The summed E-state index contributed by atoms with van der Waals surface area (Å²) in [4.78, 5) is 37.8. The molecule has 1 saturated heterocycles. The van der Waals surface area contributed by atoms with Crippen LogP contribution in [-0.4, -0.2) is 35.2 Å². The van der Waals surface area contributed by atoms with Gasteiger partial charge in [-0.3, -0.25) is 19.3 Å². The molecule has 168 valence electrons. The molecule has 0 spiro atoms. The van der Waals surface area contributed by atoms with Crippen LogP contribution in [0.1, 0.15) is 30.9 Å². The fourth-order valence-corrected chi connectivity index (χ4v) is 4.23. The first-order chi connectivity index (χ1) is 15.4. The molecular weight excluding hydrogens is 518 g/mol. The number of esters is 1. The number of halogens is 2. The predicted molar refractivity (Wildman–Crippen MR) is 128 cm³/mol. The van der Waals surface area contributed by atoms with Gasteiger partial charge in [-0.05, 0) is 75.6 Å². The molecule has 2 aromatic carbocycles. The van der Waals surface area contributed by atoms with Crippen molar-refractivity contribution in [3.63, 3.8) is 0 Å². The molecule has 0 saturated carbocycles. The van der Waals surface area contributed by atoms with Crippen molar-refractivity contribution in [2.45, 2.75) is 26.4 Å². The lowest BCUT2D eigenvalue weighted by Gasteiger charge is -2.11. The summed E-state index contributed by atoms with van der Waals surface area (Å²) in [7, 11) is 0. The lowest BCUT2D eigenvalue weighted by molar-refractivity contribution is -0.146. The van der Waals surface area contributed by atoms with Gasteiger partial charge in [0.05, 0.1) is 16.0 Å². The Morgan fingerprint density at radius 2 is 1.94 bits per heavy atom. The molecule has 0 radical (unpaired) electrons. The van der Waals surface area contributed by atoms with Gasteiger partial charge < -0.3 is 9.47 Å². The van der Waals surface area contributed by atoms with E-state index in [9.17, 15) is 14.4 Å². The first-order valence-corrected chi connectivity index (χ1v) is 11.9. The Hall–Kier alpha value is -2.29. The van der Waals surface area contributed by atoms with Gasteiger partial charge in [-0.25, -0.2) is 0 Å². The van der Waals surface area contributed by atoms with Crippen LogP contribution in [0.3, 0.4) is 0 Å². The molecule has 6 nitrogen and oxygen atoms in total. The zero-order valence-electron chi connectivity index (χ0n) is 17.3. The summed E-state index contributed by atoms with van der Waals surface area (Å²) in [5.74, 6) is -0.460. The third-order valence-electron chi connectivity index (χ3n) is 4.48. The molecule has 9 heteroatoms. The van der Waals surface area contributed by atoms with Crippen molar-refractivity contribution in [2.75, 3.05) is 13.2 Å². The van der Waals surface area contributed by atoms with Crippen molar-refractivity contribution in [2.24, 2.45) is 0 Å². The van der Waals surface area contributed by atoms with Crippen LogP contribution in [0.15, 0.2) is 51.8 Å². The van der Waals surface area contributed by atoms with E-state index in [4.69, 9.17) is 21.1 Å². The fraction of sp³-hybridized carbons (Fsp3) is 0.261. The number of carbonyl (C=O) groups is 3. The number of hydrogen-bond acceptors (Lipinski definition) is 6. The lowest BCUT2D eigenvalue weighted by Crippen LogP contribution is -2.34. The fourth-order valence-electron chi connectivity index (χ4n) is 2.76. The molecule has 0 bridgehead atoms. The summed E-state index contributed by atoms with van der Waals surface area (Å²) in [6.45, 7) is 2.25. The highest BCUT2D eigenvalue weighted by Crippen LogP contribution is 2.34. The van der Waals surface area contributed by atoms with Crippen molar-refractivity contribution in [1.29, 1.82) is 0 Å². The molecule has 2 aromatic rings. The second kappa shape index (κ2) is 11.5. The number of imide groups is 1. The third-order valence-corrected chi connectivity index (χ3v) is 6.26. The maximum Gasteiger partial charge on any atom is 0.326 e. The number of rotatable bonds is 9. The molecule has 0 atom stereocenters. The lowest BCUT2D eigenvalue weighted by atomic mass is 10.2. The van der Waals surface area contributed by atoms with E-state index >= 15 is 0 Å². The van der Waals surface area contributed by atoms with Gasteiger partial charge >= 0.3 is 5.97 Å². The zero-order chi connectivity index (χ0) is 23.1. The Morgan fingerprint density at radius 1 is 1.19 bits per heavy atom. The van der Waals surface area contributed by atoms with Gasteiger partial charge in [-0.2, -0.15) is 0 Å². The van der Waals surface area contributed by atoms with E-state index in [2.05, 4.69) is 15.9 Å². The van der Waals surface area contributed by atoms with E-state index in [0.29, 0.717) is 27.4 Å². The molecule has 1 heterocycles. The monoisotopic (exact) mass is 537 g/mol. The van der Waals surface area contributed by atoms with Crippen molar-refractivity contribution in [3.05, 3.63) is 68.0 Å². The quantitative estimate of drug-likeness (QED) is 0.219. The van der Waals surface area contributed by atoms with Gasteiger partial charge in [0.15, 0.2) is 0 Å². The second-order valence-corrected chi connectivity index (χ2v) is 9.23. The number of benzene rings is 2. The Bertz CT molecular complexity index is 1040. The van der Waals surface area contributed by atoms with E-state index in [-0.39, 0.29) is 18.1 Å². The van der Waals surface area contributed by atoms with Gasteiger partial charge in [0.2, 0.25) is 0 Å². The van der Waals surface area contributed by atoms with Crippen molar-refractivity contribution < 1.29 is 23.9 Å². The molecule has 3 rings (SSSR count). The molecule has 0 unspecified atom stereocenters. The summed E-state index contributed by atoms with van der Waals surface area (Å²) < 4.78 is 11.6. The molecule has 1 fully saturated rings. The molecule has 1 aliphatic rings. The average Bonchev–Trinajstić information content (AvgIpc) is 3.02. The Morgan fingerprint density at radius 3 is 2.62 bits per heavy atom. The highest BCUT2D eigenvalue weighted by molar-refractivity contribution is 9.10. The Balaban J connectivity index is 1.62. The summed E-state index contributed by atoms with van der Waals surface area (Å²) in [5, 5.41) is 0.174. The van der Waals surface area contributed by atoms with Crippen LogP contribution < -0.4 is 4.74 Å². The molecule has 0 aromatic heterocycles. The van der Waals surface area contributed by atoms with E-state index in [1.807, 2.05) is 19.1 Å². The Kier molecular flexibility index (Phi) is 8.78. The summed E-state index contributed by atoms with van der Waals surface area (Å²) in [6, 6.07) is 12.7. The summed E-state index contributed by atoms with van der Waals surface area (Å²) >= 11 is 10.2. The molecular formula is C23H21BrClNO5S. The van der Waals surface area contributed by atoms with E-state index in [0.717, 1.165) is 35.1 Å². The van der Waals surface area contributed by atoms with Gasteiger partial charge in [0, 0.05) is 5.02 Å². The van der Waals surface area contributed by atoms with E-state index in [1.54, 1.807) is 36.4 Å². The highest BCUT2D eigenvalue weighted by Gasteiger charge is 2.36. The highest BCUT2D eigenvalue weighted by atomic mass is 79.9. The number of unbranched alkanes of at least 4 members (excludes halogenated alkanes) is 1. The van der Waals surface area contributed by atoms with Crippen molar-refractivity contribution in [3.8, 4) is 5.75 Å². The summed E-state index contributed by atoms with van der Waals surface area (Å²) in [5.41, 5.74) is 1.69. The second-order valence-electron chi connectivity index (χ2n) is 6.95. The van der Waals surface area contributed by atoms with Gasteiger partial charge in [0.25, 0.3) is 11.1 Å². The van der Waals surface area contributed by atoms with E-state index in [1.165, 1.54) is 0 Å². The number of hydrogen-bond donors (Lipinski definition) is 0. The van der Waals surface area contributed by atoms with Crippen LogP contribution in [0.25, 0.3) is 6.08 Å². The first-order valence-electron chi connectivity index (χ1n) is 9.95. The number of nitrogens with zero attached hydrogens (tertiary/aromatic N) is 1. The van der Waals surface area contributed by atoms with Gasteiger partial charge in [-0.15, -0.1) is 0 Å². The first kappa shape index (κ1) is 24.4. The molecule has 1 aliphatic heterocycles. The topological polar surface area (TPSA) is 72.9 Å². The summed E-state index contributed by atoms with van der Waals surface area (Å²) in [6.07, 6.45) is 3.24. The predicted octanol–water partition coefficient (Wildman–Crippen LogP) is 6.06. The third kappa shape index (κ3) is 6.60. The molecule has 2 amide bonds. The number of carbonyl (C=O) groups excluding carboxylic acids is 3. The molecule has 32 heavy (non-hydrogen) atoms. The van der Waals surface area contributed by atoms with Crippen LogP contribution in [0.5, 0.6) is 5.75 Å². The number of ether oxygens (including phenoxy) is 2. The van der Waals surface area contributed by atoms with Gasteiger partial charge in [-0.1, -0.05) is 43.1 Å². The van der Waals surface area contributed by atoms with Crippen LogP contribution in [0.2, 0.25) is 5.02 Å². The van der Waals surface area contributed by atoms with Crippen LogP contribution >= 0.6 is 39.3 Å². The van der Waals surface area contributed by atoms with Crippen LogP contribution in [0, 0.1) is 0 Å². The minimum atomic E-state index is -0.591. The number of thioether (sulfide) groups is 1.